The van der Waals surface area contributed by atoms with Gasteiger partial charge in [-0.2, -0.15) is 0 Å². The zero-order valence-electron chi connectivity index (χ0n) is 12.3. The molecule has 0 heterocycles. The summed E-state index contributed by atoms with van der Waals surface area (Å²) in [5, 5.41) is 6.95. The van der Waals surface area contributed by atoms with Gasteiger partial charge in [-0.15, -0.1) is 0 Å². The third-order valence-corrected chi connectivity index (χ3v) is 4.19. The summed E-state index contributed by atoms with van der Waals surface area (Å²) in [6, 6.07) is 7.01. The zero-order chi connectivity index (χ0) is 13.7. The fraction of sp³-hybridized carbons (Fsp3) is 0.625. The minimum Gasteiger partial charge on any atom is -0.495 e. The lowest BCUT2D eigenvalue weighted by Gasteiger charge is -2.28. The highest BCUT2D eigenvalue weighted by Crippen LogP contribution is 2.28. The van der Waals surface area contributed by atoms with E-state index in [1.165, 1.54) is 31.2 Å². The number of methoxy groups -OCH3 is 1. The van der Waals surface area contributed by atoms with Crippen LogP contribution in [-0.4, -0.2) is 26.7 Å². The van der Waals surface area contributed by atoms with Gasteiger partial charge >= 0.3 is 0 Å². The van der Waals surface area contributed by atoms with E-state index in [1.54, 1.807) is 7.11 Å². The number of rotatable bonds is 5. The molecule has 0 aliphatic heterocycles. The molecule has 0 aromatic heterocycles. The molecule has 3 nitrogen and oxygen atoms in total. The summed E-state index contributed by atoms with van der Waals surface area (Å²) in [4.78, 5) is 0. The van der Waals surface area contributed by atoms with E-state index < -0.39 is 0 Å². The van der Waals surface area contributed by atoms with E-state index in [2.05, 4.69) is 36.7 Å². The molecule has 0 radical (unpaired) electrons. The number of aryl methyl sites for hydroxylation is 1. The topological polar surface area (TPSA) is 33.3 Å². The average Bonchev–Trinajstić information content (AvgIpc) is 2.46. The molecule has 1 aliphatic rings. The predicted octanol–water partition coefficient (Wildman–Crippen LogP) is 3.19. The highest BCUT2D eigenvalue weighted by Gasteiger charge is 2.19. The summed E-state index contributed by atoms with van der Waals surface area (Å²) in [6.45, 7) is 3.17. The van der Waals surface area contributed by atoms with Crippen LogP contribution < -0.4 is 15.4 Å². The van der Waals surface area contributed by atoms with Crippen LogP contribution >= 0.6 is 0 Å². The second-order valence-electron chi connectivity index (χ2n) is 5.59. The van der Waals surface area contributed by atoms with Crippen molar-refractivity contribution in [2.75, 3.05) is 26.0 Å². The van der Waals surface area contributed by atoms with Gasteiger partial charge in [-0.25, -0.2) is 0 Å². The zero-order valence-corrected chi connectivity index (χ0v) is 12.3. The monoisotopic (exact) mass is 262 g/mol. The molecular weight excluding hydrogens is 236 g/mol. The molecule has 0 unspecified atom stereocenters. The van der Waals surface area contributed by atoms with Crippen LogP contribution in [-0.2, 0) is 0 Å². The fourth-order valence-corrected chi connectivity index (χ4v) is 2.87. The minimum atomic E-state index is 0.727. The van der Waals surface area contributed by atoms with Crippen molar-refractivity contribution in [1.82, 2.24) is 5.32 Å². The first-order chi connectivity index (χ1) is 9.22. The molecule has 2 rings (SSSR count). The summed E-state index contributed by atoms with van der Waals surface area (Å²) in [7, 11) is 3.80. The first kappa shape index (κ1) is 14.2. The molecule has 2 N–H and O–H groups in total. The van der Waals surface area contributed by atoms with Crippen LogP contribution in [0.25, 0.3) is 0 Å². The van der Waals surface area contributed by atoms with E-state index in [0.29, 0.717) is 0 Å². The van der Waals surface area contributed by atoms with Gasteiger partial charge < -0.3 is 15.4 Å². The van der Waals surface area contributed by atoms with Crippen LogP contribution in [0.2, 0.25) is 0 Å². The Morgan fingerprint density at radius 2 is 1.95 bits per heavy atom. The summed E-state index contributed by atoms with van der Waals surface area (Å²) >= 11 is 0. The fourth-order valence-electron chi connectivity index (χ4n) is 2.87. The van der Waals surface area contributed by atoms with E-state index in [0.717, 1.165) is 29.9 Å². The highest BCUT2D eigenvalue weighted by atomic mass is 16.5. The second kappa shape index (κ2) is 6.80. The van der Waals surface area contributed by atoms with Crippen molar-refractivity contribution in [3.8, 4) is 5.75 Å². The molecule has 1 aliphatic carbocycles. The largest absolute Gasteiger partial charge is 0.495 e. The molecule has 0 saturated heterocycles. The van der Waals surface area contributed by atoms with Crippen molar-refractivity contribution in [3.05, 3.63) is 23.8 Å². The average molecular weight is 262 g/mol. The maximum absolute atomic E-state index is 5.40. The first-order valence-electron chi connectivity index (χ1n) is 7.28. The Morgan fingerprint density at radius 3 is 2.58 bits per heavy atom. The maximum Gasteiger partial charge on any atom is 0.141 e. The molecule has 1 fully saturated rings. The molecule has 0 bridgehead atoms. The summed E-state index contributed by atoms with van der Waals surface area (Å²) < 4.78 is 5.40. The van der Waals surface area contributed by atoms with E-state index in [-0.39, 0.29) is 0 Å². The number of nitrogens with one attached hydrogen (secondary N) is 2. The van der Waals surface area contributed by atoms with Gasteiger partial charge in [0, 0.05) is 12.6 Å². The van der Waals surface area contributed by atoms with Gasteiger partial charge in [0.25, 0.3) is 0 Å². The summed E-state index contributed by atoms with van der Waals surface area (Å²) in [6.07, 6.45) is 5.22. The molecule has 1 aromatic carbocycles. The minimum absolute atomic E-state index is 0.727. The Morgan fingerprint density at radius 1 is 1.21 bits per heavy atom. The first-order valence-corrected chi connectivity index (χ1v) is 7.28. The predicted molar refractivity (Wildman–Crippen MR) is 81.0 cm³/mol. The number of ether oxygens (including phenoxy) is 1. The quantitative estimate of drug-likeness (QED) is 0.855. The second-order valence-corrected chi connectivity index (χ2v) is 5.59. The third kappa shape index (κ3) is 3.87. The van der Waals surface area contributed by atoms with Crippen LogP contribution in [0.1, 0.15) is 31.2 Å². The van der Waals surface area contributed by atoms with Gasteiger partial charge in [0.15, 0.2) is 0 Å². The molecule has 106 valence electrons. The Hall–Kier alpha value is -1.22. The normalized spacial score (nSPS) is 23.1. The lowest BCUT2D eigenvalue weighted by atomic mass is 9.86. The SMILES string of the molecule is CNC1CCC(CNc2cc(C)ccc2OC)CC1. The molecule has 19 heavy (non-hydrogen) atoms. The Kier molecular flexibility index (Phi) is 5.08. The van der Waals surface area contributed by atoms with E-state index in [1.807, 2.05) is 6.07 Å². The van der Waals surface area contributed by atoms with Crippen molar-refractivity contribution < 1.29 is 4.74 Å². The van der Waals surface area contributed by atoms with Crippen molar-refractivity contribution in [2.45, 2.75) is 38.6 Å². The number of hydrogen-bond acceptors (Lipinski definition) is 3. The number of anilines is 1. The Labute approximate surface area is 116 Å². The van der Waals surface area contributed by atoms with Crippen LogP contribution in [0, 0.1) is 12.8 Å². The van der Waals surface area contributed by atoms with Gasteiger partial charge in [-0.05, 0) is 63.3 Å². The Balaban J connectivity index is 1.87. The van der Waals surface area contributed by atoms with E-state index >= 15 is 0 Å². The van der Waals surface area contributed by atoms with Gasteiger partial charge in [0.05, 0.1) is 12.8 Å². The molecule has 0 atom stereocenters. The van der Waals surface area contributed by atoms with Gasteiger partial charge in [-0.3, -0.25) is 0 Å². The van der Waals surface area contributed by atoms with Crippen LogP contribution in [0.3, 0.4) is 0 Å². The molecule has 0 spiro atoms. The number of hydrogen-bond donors (Lipinski definition) is 2. The van der Waals surface area contributed by atoms with E-state index in [4.69, 9.17) is 4.74 Å². The van der Waals surface area contributed by atoms with Crippen LogP contribution in [0.5, 0.6) is 5.75 Å². The van der Waals surface area contributed by atoms with Crippen LogP contribution in [0.15, 0.2) is 18.2 Å². The Bertz CT molecular complexity index is 398. The van der Waals surface area contributed by atoms with Gasteiger partial charge in [0.1, 0.15) is 5.75 Å². The summed E-state index contributed by atoms with van der Waals surface area (Å²) in [5.74, 6) is 1.73. The number of benzene rings is 1. The highest BCUT2D eigenvalue weighted by molar-refractivity contribution is 5.57. The summed E-state index contributed by atoms with van der Waals surface area (Å²) in [5.41, 5.74) is 2.39. The third-order valence-electron chi connectivity index (χ3n) is 4.19. The molecule has 3 heteroatoms. The van der Waals surface area contributed by atoms with Crippen molar-refractivity contribution in [2.24, 2.45) is 5.92 Å². The lowest BCUT2D eigenvalue weighted by molar-refractivity contribution is 0.312. The van der Waals surface area contributed by atoms with Crippen LogP contribution in [0.4, 0.5) is 5.69 Å². The van der Waals surface area contributed by atoms with Crippen molar-refractivity contribution in [3.63, 3.8) is 0 Å². The van der Waals surface area contributed by atoms with E-state index in [9.17, 15) is 0 Å². The molecular formula is C16H26N2O. The molecule has 0 amide bonds. The standard InChI is InChI=1S/C16H26N2O/c1-12-4-9-16(19-3)15(10-12)18-11-13-5-7-14(17-2)8-6-13/h4,9-10,13-14,17-18H,5-8,11H2,1-3H3. The van der Waals surface area contributed by atoms with Gasteiger partial charge in [0.2, 0.25) is 0 Å². The molecule has 1 saturated carbocycles. The van der Waals surface area contributed by atoms with Crippen molar-refractivity contribution >= 4 is 5.69 Å². The lowest BCUT2D eigenvalue weighted by Crippen LogP contribution is -2.32. The maximum atomic E-state index is 5.40. The molecule has 1 aromatic rings. The smallest absolute Gasteiger partial charge is 0.141 e. The van der Waals surface area contributed by atoms with Crippen molar-refractivity contribution in [1.29, 1.82) is 0 Å². The van der Waals surface area contributed by atoms with Gasteiger partial charge in [-0.1, -0.05) is 6.07 Å².